The molecule has 2 rings (SSSR count). The van der Waals surface area contributed by atoms with Crippen LogP contribution in [0.15, 0.2) is 41.3 Å². The van der Waals surface area contributed by atoms with Crippen molar-refractivity contribution < 1.29 is 17.9 Å². The molecule has 0 saturated heterocycles. The molecule has 0 bridgehead atoms. The zero-order chi connectivity index (χ0) is 19.5. The van der Waals surface area contributed by atoms with Crippen LogP contribution in [0.2, 0.25) is 0 Å². The summed E-state index contributed by atoms with van der Waals surface area (Å²) in [5, 5.41) is 2.82. The van der Waals surface area contributed by atoms with Gasteiger partial charge in [0.1, 0.15) is 5.75 Å². The van der Waals surface area contributed by atoms with Gasteiger partial charge < -0.3 is 10.1 Å². The number of nitrogens with one attached hydrogen (secondary N) is 1. The molecule has 2 aromatic rings. The molecule has 0 aliphatic rings. The lowest BCUT2D eigenvalue weighted by molar-refractivity contribution is 0.0950. The standard InChI is InChI=1S/C19H24N2O4S/c1-13-10-16(11-18(14(13)2)26(23,24)21(3)4)19(22)20-12-15-8-6-7-9-17(15)25-5/h6-11H,12H2,1-5H3,(H,20,22). The Morgan fingerprint density at radius 1 is 1.15 bits per heavy atom. The van der Waals surface area contributed by atoms with Crippen molar-refractivity contribution >= 4 is 15.9 Å². The minimum Gasteiger partial charge on any atom is -0.496 e. The zero-order valence-electron chi connectivity index (χ0n) is 15.7. The van der Waals surface area contributed by atoms with Crippen molar-refractivity contribution in [1.29, 1.82) is 0 Å². The lowest BCUT2D eigenvalue weighted by Crippen LogP contribution is -2.26. The fourth-order valence-corrected chi connectivity index (χ4v) is 3.77. The summed E-state index contributed by atoms with van der Waals surface area (Å²) in [7, 11) is 0.883. The first kappa shape index (κ1) is 19.9. The van der Waals surface area contributed by atoms with Crippen LogP contribution < -0.4 is 10.1 Å². The predicted octanol–water partition coefficient (Wildman–Crippen LogP) is 2.49. The molecule has 1 N–H and O–H groups in total. The van der Waals surface area contributed by atoms with Crippen LogP contribution in [0.3, 0.4) is 0 Å². The van der Waals surface area contributed by atoms with Gasteiger partial charge in [-0.25, -0.2) is 12.7 Å². The summed E-state index contributed by atoms with van der Waals surface area (Å²) in [6, 6.07) is 10.5. The van der Waals surface area contributed by atoms with Crippen molar-refractivity contribution in [3.8, 4) is 5.75 Å². The van der Waals surface area contributed by atoms with E-state index < -0.39 is 10.0 Å². The van der Waals surface area contributed by atoms with Crippen molar-refractivity contribution in [1.82, 2.24) is 9.62 Å². The number of aryl methyl sites for hydroxylation is 1. The Bertz CT molecular complexity index is 921. The highest BCUT2D eigenvalue weighted by atomic mass is 32.2. The first-order chi connectivity index (χ1) is 12.2. The van der Waals surface area contributed by atoms with E-state index in [-0.39, 0.29) is 17.3 Å². The van der Waals surface area contributed by atoms with Gasteiger partial charge in [-0.05, 0) is 43.2 Å². The van der Waals surface area contributed by atoms with E-state index in [1.165, 1.54) is 20.2 Å². The molecule has 0 heterocycles. The van der Waals surface area contributed by atoms with E-state index in [0.717, 1.165) is 15.4 Å². The van der Waals surface area contributed by atoms with Gasteiger partial charge in [-0.15, -0.1) is 0 Å². The minimum atomic E-state index is -3.63. The summed E-state index contributed by atoms with van der Waals surface area (Å²) >= 11 is 0. The maximum atomic E-state index is 12.6. The van der Waals surface area contributed by atoms with E-state index in [4.69, 9.17) is 4.74 Å². The highest BCUT2D eigenvalue weighted by Gasteiger charge is 2.23. The van der Waals surface area contributed by atoms with Gasteiger partial charge in [0.05, 0.1) is 12.0 Å². The van der Waals surface area contributed by atoms with Gasteiger partial charge in [0.15, 0.2) is 0 Å². The average Bonchev–Trinajstić information content (AvgIpc) is 2.61. The molecule has 1 amide bonds. The number of para-hydroxylation sites is 1. The molecule has 7 heteroatoms. The lowest BCUT2D eigenvalue weighted by Gasteiger charge is -2.17. The zero-order valence-corrected chi connectivity index (χ0v) is 16.5. The predicted molar refractivity (Wildman–Crippen MR) is 101 cm³/mol. The van der Waals surface area contributed by atoms with Crippen LogP contribution in [-0.2, 0) is 16.6 Å². The number of rotatable bonds is 6. The molecule has 26 heavy (non-hydrogen) atoms. The Balaban J connectivity index is 2.31. The van der Waals surface area contributed by atoms with E-state index in [1.54, 1.807) is 27.0 Å². The van der Waals surface area contributed by atoms with E-state index >= 15 is 0 Å². The van der Waals surface area contributed by atoms with Crippen molar-refractivity contribution in [3.63, 3.8) is 0 Å². The van der Waals surface area contributed by atoms with Crippen molar-refractivity contribution in [2.45, 2.75) is 25.3 Å². The normalized spacial score (nSPS) is 11.5. The quantitative estimate of drug-likeness (QED) is 0.840. The Hall–Kier alpha value is -2.38. The van der Waals surface area contributed by atoms with Crippen LogP contribution in [0.25, 0.3) is 0 Å². The molecule has 0 radical (unpaired) electrons. The summed E-state index contributed by atoms with van der Waals surface area (Å²) < 4.78 is 31.5. The lowest BCUT2D eigenvalue weighted by atomic mass is 10.1. The Morgan fingerprint density at radius 2 is 1.81 bits per heavy atom. The number of sulfonamides is 1. The van der Waals surface area contributed by atoms with Crippen molar-refractivity contribution in [2.75, 3.05) is 21.2 Å². The van der Waals surface area contributed by atoms with Gasteiger partial charge in [-0.3, -0.25) is 4.79 Å². The average molecular weight is 376 g/mol. The Morgan fingerprint density at radius 3 is 2.42 bits per heavy atom. The molecular weight excluding hydrogens is 352 g/mol. The van der Waals surface area contributed by atoms with E-state index in [9.17, 15) is 13.2 Å². The maximum absolute atomic E-state index is 12.6. The van der Waals surface area contributed by atoms with Crippen LogP contribution in [-0.4, -0.2) is 39.8 Å². The largest absolute Gasteiger partial charge is 0.496 e. The number of hydrogen-bond donors (Lipinski definition) is 1. The van der Waals surface area contributed by atoms with Crippen LogP contribution >= 0.6 is 0 Å². The number of nitrogens with zero attached hydrogens (tertiary/aromatic N) is 1. The second kappa shape index (κ2) is 7.88. The topological polar surface area (TPSA) is 75.7 Å². The van der Waals surface area contributed by atoms with Gasteiger partial charge in [0, 0.05) is 31.8 Å². The summed E-state index contributed by atoms with van der Waals surface area (Å²) in [6.45, 7) is 3.81. The third-order valence-corrected chi connectivity index (χ3v) is 6.21. The van der Waals surface area contributed by atoms with Gasteiger partial charge >= 0.3 is 0 Å². The molecule has 0 aromatic heterocycles. The number of carbonyl (C=O) groups excluding carboxylic acids is 1. The summed E-state index contributed by atoms with van der Waals surface area (Å²) in [5.74, 6) is 0.345. The van der Waals surface area contributed by atoms with Crippen LogP contribution in [0.4, 0.5) is 0 Å². The number of ether oxygens (including phenoxy) is 1. The molecule has 0 aliphatic heterocycles. The van der Waals surface area contributed by atoms with Gasteiger partial charge in [-0.2, -0.15) is 0 Å². The first-order valence-electron chi connectivity index (χ1n) is 8.12. The van der Waals surface area contributed by atoms with E-state index in [0.29, 0.717) is 16.9 Å². The van der Waals surface area contributed by atoms with Gasteiger partial charge in [0.2, 0.25) is 10.0 Å². The fraction of sp³-hybridized carbons (Fsp3) is 0.316. The Kier molecular flexibility index (Phi) is 6.05. The van der Waals surface area contributed by atoms with Gasteiger partial charge in [-0.1, -0.05) is 18.2 Å². The molecule has 0 spiro atoms. The Labute approximate surface area is 154 Å². The van der Waals surface area contributed by atoms with Crippen molar-refractivity contribution in [3.05, 3.63) is 58.7 Å². The SMILES string of the molecule is COc1ccccc1CNC(=O)c1cc(C)c(C)c(S(=O)(=O)N(C)C)c1. The molecular formula is C19H24N2O4S. The summed E-state index contributed by atoms with van der Waals surface area (Å²) in [4.78, 5) is 12.7. The summed E-state index contributed by atoms with van der Waals surface area (Å²) in [5.41, 5.74) is 2.53. The molecule has 0 atom stereocenters. The van der Waals surface area contributed by atoms with Crippen molar-refractivity contribution in [2.24, 2.45) is 0 Å². The molecule has 2 aromatic carbocycles. The molecule has 0 unspecified atom stereocenters. The molecule has 6 nitrogen and oxygen atoms in total. The smallest absolute Gasteiger partial charge is 0.251 e. The second-order valence-corrected chi connectivity index (χ2v) is 8.32. The number of amides is 1. The minimum absolute atomic E-state index is 0.143. The number of carbonyl (C=O) groups is 1. The monoisotopic (exact) mass is 376 g/mol. The van der Waals surface area contributed by atoms with Gasteiger partial charge in [0.25, 0.3) is 5.91 Å². The van der Waals surface area contributed by atoms with Crippen LogP contribution in [0, 0.1) is 13.8 Å². The third-order valence-electron chi connectivity index (χ3n) is 4.27. The van der Waals surface area contributed by atoms with E-state index in [1.807, 2.05) is 24.3 Å². The second-order valence-electron chi connectivity index (χ2n) is 6.20. The number of methoxy groups -OCH3 is 1. The highest BCUT2D eigenvalue weighted by Crippen LogP contribution is 2.23. The third kappa shape index (κ3) is 4.05. The fourth-order valence-electron chi connectivity index (χ4n) is 2.55. The molecule has 0 aliphatic carbocycles. The maximum Gasteiger partial charge on any atom is 0.251 e. The molecule has 0 fully saturated rings. The van der Waals surface area contributed by atoms with E-state index in [2.05, 4.69) is 5.32 Å². The number of hydrogen-bond acceptors (Lipinski definition) is 4. The molecule has 140 valence electrons. The molecule has 0 saturated carbocycles. The highest BCUT2D eigenvalue weighted by molar-refractivity contribution is 7.89. The number of benzene rings is 2. The van der Waals surface area contributed by atoms with Crippen LogP contribution in [0.5, 0.6) is 5.75 Å². The van der Waals surface area contributed by atoms with Crippen LogP contribution in [0.1, 0.15) is 27.0 Å². The summed E-state index contributed by atoms with van der Waals surface area (Å²) in [6.07, 6.45) is 0. The first-order valence-corrected chi connectivity index (χ1v) is 9.56.